The maximum atomic E-state index is 4.25. The third-order valence-electron chi connectivity index (χ3n) is 2.53. The molecule has 2 nitrogen and oxygen atoms in total. The van der Waals surface area contributed by atoms with Crippen LogP contribution in [0.3, 0.4) is 0 Å². The van der Waals surface area contributed by atoms with Gasteiger partial charge in [0.15, 0.2) is 0 Å². The van der Waals surface area contributed by atoms with Gasteiger partial charge in [-0.3, -0.25) is 0 Å². The van der Waals surface area contributed by atoms with Crippen LogP contribution in [0.4, 0.5) is 0 Å². The average molecular weight is 394 g/mol. The Morgan fingerprint density at radius 1 is 1.29 bits per heavy atom. The molecule has 0 fully saturated rings. The fourth-order valence-electron chi connectivity index (χ4n) is 1.82. The summed E-state index contributed by atoms with van der Waals surface area (Å²) in [6.45, 7) is 2.07. The van der Waals surface area contributed by atoms with Crippen LogP contribution in [0.15, 0.2) is 36.9 Å². The van der Waals surface area contributed by atoms with E-state index in [-0.39, 0.29) is 0 Å². The number of aromatic nitrogens is 2. The molecule has 0 aliphatic rings. The zero-order valence-electron chi connectivity index (χ0n) is 9.92. The number of nitrogens with zero attached hydrogens (tertiary/aromatic N) is 2. The van der Waals surface area contributed by atoms with Crippen molar-refractivity contribution >= 4 is 10.5 Å². The summed E-state index contributed by atoms with van der Waals surface area (Å²) in [5.74, 6) is 0. The van der Waals surface area contributed by atoms with Gasteiger partial charge in [0.2, 0.25) is 0 Å². The Kier molecular flexibility index (Phi) is 3.85. The quantitative estimate of drug-likeness (QED) is 0.783. The molecule has 17 heavy (non-hydrogen) atoms. The molecular formula is C14H14N2W. The van der Waals surface area contributed by atoms with E-state index >= 15 is 0 Å². The van der Waals surface area contributed by atoms with Crippen molar-refractivity contribution in [3.8, 4) is 11.1 Å². The average Bonchev–Trinajstić information content (AvgIpc) is 2.68. The van der Waals surface area contributed by atoms with Gasteiger partial charge in [0.1, 0.15) is 0 Å². The number of rotatable bonds is 3. The molecule has 0 N–H and O–H groups in total. The second-order valence-electron chi connectivity index (χ2n) is 4.04. The molecular weight excluding hydrogens is 380 g/mol. The minimum atomic E-state index is 1.17. The molecule has 3 heteroatoms. The van der Waals surface area contributed by atoms with Gasteiger partial charge in [-0.15, -0.1) is 0 Å². The van der Waals surface area contributed by atoms with Crippen LogP contribution in [-0.2, 0) is 26.4 Å². The predicted molar refractivity (Wildman–Crippen MR) is 68.5 cm³/mol. The van der Waals surface area contributed by atoms with E-state index in [0.29, 0.717) is 0 Å². The molecule has 2 aromatic rings. The number of allylic oxidation sites excluding steroid dienone is 1. The van der Waals surface area contributed by atoms with Gasteiger partial charge in [-0.25, -0.2) is 0 Å². The van der Waals surface area contributed by atoms with Crippen LogP contribution in [0, 0.1) is 6.92 Å². The zero-order valence-corrected chi connectivity index (χ0v) is 12.9. The van der Waals surface area contributed by atoms with Crippen molar-refractivity contribution in [3.63, 3.8) is 0 Å². The summed E-state index contributed by atoms with van der Waals surface area (Å²) in [6.07, 6.45) is 12.3. The van der Waals surface area contributed by atoms with Crippen molar-refractivity contribution in [2.75, 3.05) is 0 Å². The summed E-state index contributed by atoms with van der Waals surface area (Å²) < 4.78 is 4.20. The SMILES string of the molecule is Cc1cncc(-c2cn(C)cc2C=C[CH]=[W])c1. The molecule has 0 spiro atoms. The van der Waals surface area contributed by atoms with Crippen LogP contribution in [0.2, 0.25) is 0 Å². The molecule has 2 heterocycles. The second kappa shape index (κ2) is 5.37. The number of aryl methyl sites for hydroxylation is 2. The Balaban J connectivity index is 2.51. The van der Waals surface area contributed by atoms with Crippen molar-refractivity contribution in [3.05, 3.63) is 48.1 Å². The summed E-state index contributed by atoms with van der Waals surface area (Å²) in [5.41, 5.74) is 4.83. The normalized spacial score (nSPS) is 10.9. The van der Waals surface area contributed by atoms with Crippen LogP contribution in [0.1, 0.15) is 11.1 Å². The summed E-state index contributed by atoms with van der Waals surface area (Å²) in [6, 6.07) is 2.17. The Morgan fingerprint density at radius 3 is 2.82 bits per heavy atom. The topological polar surface area (TPSA) is 17.8 Å². The van der Waals surface area contributed by atoms with Crippen LogP contribution >= 0.6 is 0 Å². The summed E-state index contributed by atoms with van der Waals surface area (Å²) >= 11 is 1.46. The van der Waals surface area contributed by atoms with E-state index < -0.39 is 0 Å². The molecule has 0 aliphatic carbocycles. The maximum absolute atomic E-state index is 4.25. The molecule has 0 atom stereocenters. The van der Waals surface area contributed by atoms with E-state index in [4.69, 9.17) is 0 Å². The van der Waals surface area contributed by atoms with Crippen LogP contribution in [0.25, 0.3) is 17.2 Å². The van der Waals surface area contributed by atoms with E-state index in [0.717, 1.165) is 0 Å². The second-order valence-corrected chi connectivity index (χ2v) is 5.02. The molecule has 86 valence electrons. The molecule has 0 aliphatic heterocycles. The first-order chi connectivity index (χ1) is 8.20. The fraction of sp³-hybridized carbons (Fsp3) is 0.143. The Labute approximate surface area is 112 Å². The van der Waals surface area contributed by atoms with E-state index in [1.807, 2.05) is 19.4 Å². The molecule has 0 amide bonds. The summed E-state index contributed by atoms with van der Waals surface area (Å²) in [5, 5.41) is 0. The first-order valence-corrected chi connectivity index (χ1v) is 7.10. The monoisotopic (exact) mass is 394 g/mol. The van der Waals surface area contributed by atoms with Crippen molar-refractivity contribution in [2.24, 2.45) is 7.05 Å². The molecule has 0 radical (unpaired) electrons. The van der Waals surface area contributed by atoms with Crippen molar-refractivity contribution in [1.82, 2.24) is 9.55 Å². The van der Waals surface area contributed by atoms with E-state index in [9.17, 15) is 0 Å². The Hall–Kier alpha value is -1.27. The molecule has 0 saturated heterocycles. The first kappa shape index (κ1) is 12.2. The van der Waals surface area contributed by atoms with Gasteiger partial charge in [0.05, 0.1) is 0 Å². The Bertz CT molecular complexity index is 567. The third kappa shape index (κ3) is 2.89. The molecule has 0 saturated carbocycles. The minimum absolute atomic E-state index is 1.17. The van der Waals surface area contributed by atoms with Crippen LogP contribution < -0.4 is 0 Å². The summed E-state index contributed by atoms with van der Waals surface area (Å²) in [4.78, 5) is 4.25. The molecule has 0 unspecified atom stereocenters. The van der Waals surface area contributed by atoms with Gasteiger partial charge in [-0.1, -0.05) is 0 Å². The molecule has 0 bridgehead atoms. The molecule has 2 rings (SSSR count). The van der Waals surface area contributed by atoms with Gasteiger partial charge >= 0.3 is 113 Å². The van der Waals surface area contributed by atoms with Gasteiger partial charge in [-0.05, 0) is 0 Å². The zero-order chi connectivity index (χ0) is 12.3. The summed E-state index contributed by atoms with van der Waals surface area (Å²) in [7, 11) is 2.05. The van der Waals surface area contributed by atoms with Crippen LogP contribution in [0.5, 0.6) is 0 Å². The fourth-order valence-corrected chi connectivity index (χ4v) is 2.11. The Morgan fingerprint density at radius 2 is 2.12 bits per heavy atom. The first-order valence-electron chi connectivity index (χ1n) is 5.40. The van der Waals surface area contributed by atoms with Gasteiger partial charge in [-0.2, -0.15) is 0 Å². The molecule has 2 aromatic heterocycles. The van der Waals surface area contributed by atoms with Gasteiger partial charge < -0.3 is 0 Å². The van der Waals surface area contributed by atoms with Crippen molar-refractivity contribution in [1.29, 1.82) is 0 Å². The van der Waals surface area contributed by atoms with E-state index in [2.05, 4.69) is 51.5 Å². The number of hydrogen-bond donors (Lipinski definition) is 0. The van der Waals surface area contributed by atoms with Gasteiger partial charge in [0, 0.05) is 0 Å². The number of pyridine rings is 1. The van der Waals surface area contributed by atoms with Crippen LogP contribution in [-0.4, -0.2) is 14.0 Å². The predicted octanol–water partition coefficient (Wildman–Crippen LogP) is 2.76. The number of hydrogen-bond acceptors (Lipinski definition) is 1. The van der Waals surface area contributed by atoms with Gasteiger partial charge in [0.25, 0.3) is 0 Å². The van der Waals surface area contributed by atoms with Crippen molar-refractivity contribution < 1.29 is 19.4 Å². The van der Waals surface area contributed by atoms with E-state index in [1.54, 1.807) is 0 Å². The standard InChI is InChI=1S/C14H14N2.W/c1-4-5-12-9-16(3)10-14(12)13-6-11(2)7-15-8-13;/h1,4-10H,2-3H3;. The van der Waals surface area contributed by atoms with E-state index in [1.165, 1.54) is 41.6 Å². The van der Waals surface area contributed by atoms with Crippen molar-refractivity contribution in [2.45, 2.75) is 6.92 Å². The third-order valence-corrected chi connectivity index (χ3v) is 3.09. The molecule has 0 aromatic carbocycles.